The van der Waals surface area contributed by atoms with E-state index in [4.69, 9.17) is 19.4 Å². The number of rotatable bonds is 5. The van der Waals surface area contributed by atoms with Crippen LogP contribution in [0.2, 0.25) is 0 Å². The van der Waals surface area contributed by atoms with Crippen LogP contribution in [0.1, 0.15) is 0 Å². The van der Waals surface area contributed by atoms with Crippen LogP contribution in [0.5, 0.6) is 0 Å². The van der Waals surface area contributed by atoms with E-state index in [9.17, 15) is 0 Å². The summed E-state index contributed by atoms with van der Waals surface area (Å²) in [6.45, 7) is 0. The van der Waals surface area contributed by atoms with Gasteiger partial charge in [-0.05, 0) is 52.6 Å². The monoisotopic (exact) mass is 700 g/mol. The molecule has 7 aromatic carbocycles. The van der Waals surface area contributed by atoms with Crippen molar-refractivity contribution < 1.29 is 4.42 Å². The topological polar surface area (TPSA) is 56.7 Å². The Morgan fingerprint density at radius 3 is 1.76 bits per heavy atom. The molecule has 10 rings (SSSR count). The van der Waals surface area contributed by atoms with E-state index in [2.05, 4.69) is 141 Å². The summed E-state index contributed by atoms with van der Waals surface area (Å²) >= 11 is 0. The lowest BCUT2D eigenvalue weighted by Crippen LogP contribution is -2.55. The van der Waals surface area contributed by atoms with Gasteiger partial charge in [-0.15, -0.1) is 16.4 Å². The Hall–Kier alpha value is -6.53. The first-order valence-corrected chi connectivity index (χ1v) is 18.8. The van der Waals surface area contributed by atoms with Gasteiger partial charge in [-0.25, -0.2) is 4.98 Å². The summed E-state index contributed by atoms with van der Waals surface area (Å²) in [5, 5.41) is 4.50. The first kappa shape index (κ1) is 33.1. The molecule has 55 heavy (non-hydrogen) atoms. The molecule has 5 nitrogen and oxygen atoms in total. The number of fused-ring (bicyclic) bond motifs is 6. The minimum absolute atomic E-state index is 0.563. The molecule has 10 aromatic rings. The molecule has 10 heteroatoms. The Morgan fingerprint density at radius 2 is 1.02 bits per heavy atom. The van der Waals surface area contributed by atoms with E-state index in [0.29, 0.717) is 17.6 Å². The number of furan rings is 1. The third kappa shape index (κ3) is 5.19. The smallest absolute Gasteiger partial charge is 0.238 e. The number of benzene rings is 7. The van der Waals surface area contributed by atoms with E-state index in [1.54, 1.807) is 0 Å². The molecule has 254 valence electrons. The number of hydrogen-bond donors (Lipinski definition) is 0. The van der Waals surface area contributed by atoms with E-state index in [1.165, 1.54) is 43.8 Å². The van der Waals surface area contributed by atoms with Gasteiger partial charge in [0, 0.05) is 32.7 Å². The van der Waals surface area contributed by atoms with Crippen molar-refractivity contribution in [2.75, 3.05) is 0 Å². The summed E-state index contributed by atoms with van der Waals surface area (Å²) in [6.07, 6.45) is 0. The molecule has 0 N–H and O–H groups in total. The van der Waals surface area contributed by atoms with Gasteiger partial charge in [0.1, 0.15) is 50.4 Å². The standard InChI is InChI=1S/C45H33B5N4O/c46-38-37(39(47)41(49)42(50)40(38)48)30-17-9-19-32-35(30)28-15-7-8-18-31(28)54(32)45-52-43(25-13-5-2-6-14-25)51-44(53-45)26-21-22-29-34(23-26)55-33-20-10-16-27(36(29)33)24-11-3-1-4-12-24/h1-23H,46-50H2. The fraction of sp³-hybridized carbons (Fsp3) is 0. The molecule has 3 heterocycles. The van der Waals surface area contributed by atoms with Crippen LogP contribution in [0.3, 0.4) is 0 Å². The van der Waals surface area contributed by atoms with Gasteiger partial charge in [-0.2, -0.15) is 9.97 Å². The van der Waals surface area contributed by atoms with Gasteiger partial charge in [0.05, 0.1) is 11.0 Å². The third-order valence-electron chi connectivity index (χ3n) is 11.7. The van der Waals surface area contributed by atoms with Gasteiger partial charge < -0.3 is 4.42 Å². The van der Waals surface area contributed by atoms with Gasteiger partial charge in [-0.3, -0.25) is 4.57 Å². The Bertz CT molecular complexity index is 3130. The van der Waals surface area contributed by atoms with Gasteiger partial charge in [-0.1, -0.05) is 120 Å². The molecule has 0 amide bonds. The highest BCUT2D eigenvalue weighted by Gasteiger charge is 2.23. The molecule has 0 radical (unpaired) electrons. The predicted octanol–water partition coefficient (Wildman–Crippen LogP) is 2.83. The summed E-state index contributed by atoms with van der Waals surface area (Å²) in [6, 6.07) is 48.4. The van der Waals surface area contributed by atoms with E-state index in [1.807, 2.05) is 42.5 Å². The molecular weight excluding hydrogens is 667 g/mol. The average Bonchev–Trinajstić information content (AvgIpc) is 3.79. The van der Waals surface area contributed by atoms with Crippen LogP contribution in [0, 0.1) is 0 Å². The van der Waals surface area contributed by atoms with Crippen molar-refractivity contribution in [1.82, 2.24) is 19.5 Å². The second-order valence-electron chi connectivity index (χ2n) is 14.6. The highest BCUT2D eigenvalue weighted by Crippen LogP contribution is 2.40. The Morgan fingerprint density at radius 1 is 0.418 bits per heavy atom. The Balaban J connectivity index is 1.22. The Kier molecular flexibility index (Phi) is 7.70. The maximum atomic E-state index is 6.53. The molecule has 0 atom stereocenters. The maximum absolute atomic E-state index is 6.53. The first-order chi connectivity index (χ1) is 26.9. The third-order valence-corrected chi connectivity index (χ3v) is 11.7. The summed E-state index contributed by atoms with van der Waals surface area (Å²) < 4.78 is 8.74. The normalized spacial score (nSPS) is 11.6. The average molecular weight is 700 g/mol. The molecule has 3 aromatic heterocycles. The number of para-hydroxylation sites is 1. The lowest BCUT2D eigenvalue weighted by atomic mass is 9.59. The number of aromatic nitrogens is 4. The second kappa shape index (κ2) is 12.8. The number of hydrogen-bond acceptors (Lipinski definition) is 4. The van der Waals surface area contributed by atoms with E-state index >= 15 is 0 Å². The zero-order valence-corrected chi connectivity index (χ0v) is 31.5. The second-order valence-corrected chi connectivity index (χ2v) is 14.6. The SMILES string of the molecule is Bc1c(B)c(B)c(-c2cccc3c2c2ccccc2n3-c2nc(-c3ccccc3)nc(-c3ccc4c(c3)oc3cccc(-c5ccccc5)c34)n2)c(B)c1B. The molecule has 0 bridgehead atoms. The van der Waals surface area contributed by atoms with Gasteiger partial charge >= 0.3 is 0 Å². The Labute approximate surface area is 323 Å². The highest BCUT2D eigenvalue weighted by molar-refractivity contribution is 6.69. The molecule has 0 fully saturated rings. The molecule has 0 aliphatic carbocycles. The van der Waals surface area contributed by atoms with Gasteiger partial charge in [0.25, 0.3) is 0 Å². The van der Waals surface area contributed by atoms with Crippen molar-refractivity contribution in [2.24, 2.45) is 0 Å². The van der Waals surface area contributed by atoms with Gasteiger partial charge in [0.15, 0.2) is 11.6 Å². The van der Waals surface area contributed by atoms with Crippen LogP contribution in [0.4, 0.5) is 0 Å². The fourth-order valence-corrected chi connectivity index (χ4v) is 8.48. The first-order valence-electron chi connectivity index (χ1n) is 18.8. The van der Waals surface area contributed by atoms with E-state index in [0.717, 1.165) is 60.6 Å². The minimum Gasteiger partial charge on any atom is -0.456 e. The fourth-order valence-electron chi connectivity index (χ4n) is 8.48. The largest absolute Gasteiger partial charge is 0.456 e. The van der Waals surface area contributed by atoms with Gasteiger partial charge in [0.2, 0.25) is 5.95 Å². The lowest BCUT2D eigenvalue weighted by molar-refractivity contribution is 0.669. The molecule has 0 saturated carbocycles. The molecular formula is C45H33B5N4O. The molecule has 0 aliphatic heterocycles. The maximum Gasteiger partial charge on any atom is 0.238 e. The molecule has 0 saturated heterocycles. The minimum atomic E-state index is 0.563. The zero-order valence-electron chi connectivity index (χ0n) is 31.5. The molecule has 0 aliphatic rings. The predicted molar refractivity (Wildman–Crippen MR) is 244 cm³/mol. The lowest BCUT2D eigenvalue weighted by Gasteiger charge is -2.21. The van der Waals surface area contributed by atoms with E-state index < -0.39 is 0 Å². The van der Waals surface area contributed by atoms with Crippen molar-refractivity contribution in [3.8, 4) is 51.0 Å². The quantitative estimate of drug-likeness (QED) is 0.260. The zero-order chi connectivity index (χ0) is 37.4. The van der Waals surface area contributed by atoms with Crippen LogP contribution >= 0.6 is 0 Å². The van der Waals surface area contributed by atoms with Crippen molar-refractivity contribution in [1.29, 1.82) is 0 Å². The van der Waals surface area contributed by atoms with Crippen LogP contribution in [-0.4, -0.2) is 58.8 Å². The summed E-state index contributed by atoms with van der Waals surface area (Å²) in [4.78, 5) is 15.6. The summed E-state index contributed by atoms with van der Waals surface area (Å²) in [5.74, 6) is 1.75. The van der Waals surface area contributed by atoms with Crippen LogP contribution < -0.4 is 27.3 Å². The highest BCUT2D eigenvalue weighted by atomic mass is 16.3. The van der Waals surface area contributed by atoms with Crippen molar-refractivity contribution in [3.63, 3.8) is 0 Å². The summed E-state index contributed by atoms with van der Waals surface area (Å²) in [5.41, 5.74) is 17.0. The molecule has 0 unspecified atom stereocenters. The van der Waals surface area contributed by atoms with Crippen LogP contribution in [0.15, 0.2) is 144 Å². The van der Waals surface area contributed by atoms with Crippen LogP contribution in [0.25, 0.3) is 94.7 Å². The summed E-state index contributed by atoms with van der Waals surface area (Å²) in [7, 11) is 11.2. The van der Waals surface area contributed by atoms with Crippen molar-refractivity contribution >= 4 is 110 Å². The number of nitrogens with zero attached hydrogens (tertiary/aromatic N) is 4. The molecule has 0 spiro atoms. The van der Waals surface area contributed by atoms with Crippen molar-refractivity contribution in [2.45, 2.75) is 0 Å². The van der Waals surface area contributed by atoms with E-state index in [-0.39, 0.29) is 0 Å². The van der Waals surface area contributed by atoms with Crippen LogP contribution in [-0.2, 0) is 0 Å². The van der Waals surface area contributed by atoms with Crippen molar-refractivity contribution in [3.05, 3.63) is 140 Å².